The smallest absolute Gasteiger partial charge is 0.232 e. The molecule has 18 heavy (non-hydrogen) atoms. The Labute approximate surface area is 115 Å². The summed E-state index contributed by atoms with van der Waals surface area (Å²) in [5, 5.41) is 0. The molecule has 2 N–H and O–H groups in total. The van der Waals surface area contributed by atoms with Crippen LogP contribution in [-0.4, -0.2) is 53.9 Å². The Morgan fingerprint density at radius 2 is 1.94 bits per heavy atom. The maximum Gasteiger partial charge on any atom is 0.232 e. The Balaban J connectivity index is 2.67. The lowest BCUT2D eigenvalue weighted by Gasteiger charge is -2.49. The van der Waals surface area contributed by atoms with E-state index in [0.29, 0.717) is 11.4 Å². The van der Waals surface area contributed by atoms with Crippen molar-refractivity contribution in [1.82, 2.24) is 9.80 Å². The molecule has 1 saturated carbocycles. The maximum absolute atomic E-state index is 12.3. The molecule has 1 aliphatic rings. The van der Waals surface area contributed by atoms with E-state index in [2.05, 4.69) is 19.0 Å². The van der Waals surface area contributed by atoms with Crippen LogP contribution in [0.2, 0.25) is 0 Å². The molecule has 1 aliphatic carbocycles. The summed E-state index contributed by atoms with van der Waals surface area (Å²) in [6, 6.07) is 0. The SMILES string of the molecule is CCC(C(=O)N(C)CC1(N(C)C)CCC1)C(N)=S. The Morgan fingerprint density at radius 3 is 2.22 bits per heavy atom. The van der Waals surface area contributed by atoms with Crippen molar-refractivity contribution in [3.05, 3.63) is 0 Å². The molecule has 1 fully saturated rings. The minimum atomic E-state index is -0.315. The molecule has 1 amide bonds. The second kappa shape index (κ2) is 5.97. The van der Waals surface area contributed by atoms with Crippen molar-refractivity contribution in [2.45, 2.75) is 38.1 Å². The lowest BCUT2D eigenvalue weighted by molar-refractivity contribution is -0.134. The fourth-order valence-electron chi connectivity index (χ4n) is 2.61. The second-order valence-corrected chi connectivity index (χ2v) is 6.00. The highest BCUT2D eigenvalue weighted by molar-refractivity contribution is 7.80. The van der Waals surface area contributed by atoms with Crippen LogP contribution in [0.5, 0.6) is 0 Å². The first-order valence-electron chi connectivity index (χ1n) is 6.56. The molecule has 0 saturated heterocycles. The summed E-state index contributed by atoms with van der Waals surface area (Å²) in [5.41, 5.74) is 5.78. The van der Waals surface area contributed by atoms with Gasteiger partial charge in [-0.2, -0.15) is 0 Å². The molecule has 1 unspecified atom stereocenters. The van der Waals surface area contributed by atoms with Crippen molar-refractivity contribution in [2.24, 2.45) is 11.7 Å². The summed E-state index contributed by atoms with van der Waals surface area (Å²) in [6.07, 6.45) is 4.23. The van der Waals surface area contributed by atoms with E-state index in [4.69, 9.17) is 18.0 Å². The first-order valence-corrected chi connectivity index (χ1v) is 6.96. The summed E-state index contributed by atoms with van der Waals surface area (Å²) in [6.45, 7) is 2.71. The molecule has 0 aromatic rings. The van der Waals surface area contributed by atoms with Gasteiger partial charge in [0.15, 0.2) is 0 Å². The zero-order valence-corrected chi connectivity index (χ0v) is 12.7. The van der Waals surface area contributed by atoms with Gasteiger partial charge >= 0.3 is 0 Å². The van der Waals surface area contributed by atoms with Crippen LogP contribution in [-0.2, 0) is 4.79 Å². The predicted molar refractivity (Wildman–Crippen MR) is 78.5 cm³/mol. The topological polar surface area (TPSA) is 49.6 Å². The zero-order valence-electron chi connectivity index (χ0n) is 11.9. The normalized spacial score (nSPS) is 19.2. The van der Waals surface area contributed by atoms with Gasteiger partial charge in [0, 0.05) is 19.1 Å². The third kappa shape index (κ3) is 3.01. The average molecular weight is 271 g/mol. The summed E-state index contributed by atoms with van der Waals surface area (Å²) in [7, 11) is 6.03. The van der Waals surface area contributed by atoms with Gasteiger partial charge in [0.1, 0.15) is 0 Å². The monoisotopic (exact) mass is 271 g/mol. The number of carbonyl (C=O) groups is 1. The largest absolute Gasteiger partial charge is 0.393 e. The Morgan fingerprint density at radius 1 is 1.39 bits per heavy atom. The van der Waals surface area contributed by atoms with E-state index in [0.717, 1.165) is 19.4 Å². The van der Waals surface area contributed by atoms with E-state index in [1.807, 2.05) is 14.0 Å². The lowest BCUT2D eigenvalue weighted by Crippen LogP contribution is -2.58. The van der Waals surface area contributed by atoms with Crippen molar-refractivity contribution < 1.29 is 4.79 Å². The molecule has 1 rings (SSSR count). The van der Waals surface area contributed by atoms with Crippen LogP contribution < -0.4 is 5.73 Å². The van der Waals surface area contributed by atoms with Crippen molar-refractivity contribution in [3.8, 4) is 0 Å². The summed E-state index contributed by atoms with van der Waals surface area (Å²) in [5.74, 6) is -0.262. The summed E-state index contributed by atoms with van der Waals surface area (Å²) < 4.78 is 0. The fourth-order valence-corrected chi connectivity index (χ4v) is 2.88. The van der Waals surface area contributed by atoms with Gasteiger partial charge < -0.3 is 15.5 Å². The standard InChI is InChI=1S/C13H25N3OS/c1-5-10(11(14)18)12(17)16(4)9-13(15(2)3)7-6-8-13/h10H,5-9H2,1-4H3,(H2,14,18). The fraction of sp³-hybridized carbons (Fsp3) is 0.846. The molecule has 104 valence electrons. The quantitative estimate of drug-likeness (QED) is 0.739. The third-order valence-corrected chi connectivity index (χ3v) is 4.47. The molecule has 0 spiro atoms. The Bertz CT molecular complexity index is 326. The van der Waals surface area contributed by atoms with Gasteiger partial charge in [0.2, 0.25) is 5.91 Å². The highest BCUT2D eigenvalue weighted by Crippen LogP contribution is 2.36. The third-order valence-electron chi connectivity index (χ3n) is 4.19. The molecule has 0 heterocycles. The molecular weight excluding hydrogens is 246 g/mol. The van der Waals surface area contributed by atoms with Gasteiger partial charge in [0.25, 0.3) is 0 Å². The number of rotatable bonds is 6. The molecule has 0 aromatic heterocycles. The number of likely N-dealkylation sites (N-methyl/N-ethyl adjacent to an activating group) is 2. The first-order chi connectivity index (χ1) is 8.34. The van der Waals surface area contributed by atoms with Crippen molar-refractivity contribution in [1.29, 1.82) is 0 Å². The van der Waals surface area contributed by atoms with E-state index in [-0.39, 0.29) is 17.4 Å². The number of carbonyl (C=O) groups excluding carboxylic acids is 1. The van der Waals surface area contributed by atoms with E-state index in [9.17, 15) is 4.79 Å². The van der Waals surface area contributed by atoms with Crippen LogP contribution in [0.25, 0.3) is 0 Å². The van der Waals surface area contributed by atoms with Crippen molar-refractivity contribution >= 4 is 23.1 Å². The van der Waals surface area contributed by atoms with Crippen LogP contribution in [0.3, 0.4) is 0 Å². The molecule has 5 heteroatoms. The first kappa shape index (κ1) is 15.4. The van der Waals surface area contributed by atoms with Crippen LogP contribution in [0, 0.1) is 5.92 Å². The molecular formula is C13H25N3OS. The van der Waals surface area contributed by atoms with Crippen LogP contribution in [0.15, 0.2) is 0 Å². The van der Waals surface area contributed by atoms with Crippen LogP contribution >= 0.6 is 12.2 Å². The number of amides is 1. The number of hydrogen-bond acceptors (Lipinski definition) is 3. The van der Waals surface area contributed by atoms with Gasteiger partial charge in [-0.15, -0.1) is 0 Å². The molecule has 0 bridgehead atoms. The van der Waals surface area contributed by atoms with Gasteiger partial charge in [-0.3, -0.25) is 4.79 Å². The minimum absolute atomic E-state index is 0.0538. The molecule has 4 nitrogen and oxygen atoms in total. The number of thiocarbonyl (C=S) groups is 1. The summed E-state index contributed by atoms with van der Waals surface area (Å²) >= 11 is 4.97. The number of nitrogens with two attached hydrogens (primary N) is 1. The van der Waals surface area contributed by atoms with Gasteiger partial charge in [-0.25, -0.2) is 0 Å². The molecule has 0 aliphatic heterocycles. The van der Waals surface area contributed by atoms with Crippen LogP contribution in [0.1, 0.15) is 32.6 Å². The second-order valence-electron chi connectivity index (χ2n) is 5.53. The van der Waals surface area contributed by atoms with Crippen LogP contribution in [0.4, 0.5) is 0 Å². The lowest BCUT2D eigenvalue weighted by atomic mass is 9.75. The van der Waals surface area contributed by atoms with E-state index < -0.39 is 0 Å². The maximum atomic E-state index is 12.3. The van der Waals surface area contributed by atoms with Gasteiger partial charge in [-0.1, -0.05) is 19.1 Å². The van der Waals surface area contributed by atoms with E-state index in [1.54, 1.807) is 4.90 Å². The zero-order chi connectivity index (χ0) is 13.9. The highest BCUT2D eigenvalue weighted by atomic mass is 32.1. The molecule has 0 radical (unpaired) electrons. The number of hydrogen-bond donors (Lipinski definition) is 1. The van der Waals surface area contributed by atoms with E-state index in [1.165, 1.54) is 6.42 Å². The highest BCUT2D eigenvalue weighted by Gasteiger charge is 2.41. The number of nitrogens with zero attached hydrogens (tertiary/aromatic N) is 2. The average Bonchev–Trinajstić information content (AvgIpc) is 2.22. The summed E-state index contributed by atoms with van der Waals surface area (Å²) in [4.78, 5) is 16.6. The Kier molecular flexibility index (Phi) is 5.10. The molecule has 1 atom stereocenters. The van der Waals surface area contributed by atoms with Gasteiger partial charge in [-0.05, 0) is 39.8 Å². The van der Waals surface area contributed by atoms with Crippen molar-refractivity contribution in [3.63, 3.8) is 0 Å². The van der Waals surface area contributed by atoms with Gasteiger partial charge in [0.05, 0.1) is 10.9 Å². The predicted octanol–water partition coefficient (Wildman–Crippen LogP) is 1.24. The Hall–Kier alpha value is -0.680. The van der Waals surface area contributed by atoms with E-state index >= 15 is 0 Å². The van der Waals surface area contributed by atoms with Crippen molar-refractivity contribution in [2.75, 3.05) is 27.7 Å². The molecule has 0 aromatic carbocycles. The minimum Gasteiger partial charge on any atom is -0.393 e.